The molecule has 0 radical (unpaired) electrons. The number of carbonyl (C=O) groups is 2. The van der Waals surface area contributed by atoms with Crippen LogP contribution in [0.25, 0.3) is 21.8 Å². The average Bonchev–Trinajstić information content (AvgIpc) is 3.09. The number of piperazine rings is 3. The Morgan fingerprint density at radius 3 is 1.19 bits per heavy atom. The van der Waals surface area contributed by atoms with E-state index in [4.69, 9.17) is 9.97 Å². The van der Waals surface area contributed by atoms with Crippen LogP contribution in [0.3, 0.4) is 0 Å². The minimum Gasteiger partial charge on any atom is -0.353 e. The molecule has 7 rings (SSSR count). The van der Waals surface area contributed by atoms with Gasteiger partial charge in [0.2, 0.25) is 11.8 Å². The third-order valence-corrected chi connectivity index (χ3v) is 9.26. The molecule has 2 amide bonds. The van der Waals surface area contributed by atoms with Crippen LogP contribution in [-0.2, 0) is 9.59 Å². The standard InChI is InChI=1S/C34H40N8O2.4ClH/c43-33(41-21-17-39(18-22-41)31-11-9-27-5-1-3-7-29(27)35-31)25-37-13-15-38(16-14-37)26-34(44)42-23-19-40(20-24-42)32-12-10-28-6-2-4-8-30(28)36-32;;;;/h1-12H,13-26H2;4*1H. The normalized spacial score (nSPS) is 17.2. The molecule has 48 heavy (non-hydrogen) atoms. The third-order valence-electron chi connectivity index (χ3n) is 9.26. The molecule has 5 heterocycles. The minimum absolute atomic E-state index is 0. The highest BCUT2D eigenvalue weighted by Crippen LogP contribution is 2.21. The van der Waals surface area contributed by atoms with Gasteiger partial charge in [-0.2, -0.15) is 0 Å². The van der Waals surface area contributed by atoms with E-state index in [0.717, 1.165) is 85.8 Å². The van der Waals surface area contributed by atoms with E-state index in [-0.39, 0.29) is 61.4 Å². The van der Waals surface area contributed by atoms with Crippen molar-refractivity contribution in [2.45, 2.75) is 0 Å². The van der Waals surface area contributed by atoms with Crippen LogP contribution >= 0.6 is 49.6 Å². The van der Waals surface area contributed by atoms with Crippen molar-refractivity contribution < 1.29 is 9.59 Å². The number of nitrogens with zero attached hydrogens (tertiary/aromatic N) is 8. The SMILES string of the molecule is Cl.Cl.Cl.Cl.O=C(CN1CCN(CC(=O)N2CCN(c3ccc4ccccc4n3)CC2)CC1)N1CCN(c2ccc3ccccc3n2)CC1. The second-order valence-corrected chi connectivity index (χ2v) is 12.0. The van der Waals surface area contributed by atoms with Gasteiger partial charge in [0, 0.05) is 89.3 Å². The first-order valence-electron chi connectivity index (χ1n) is 15.8. The van der Waals surface area contributed by atoms with Crippen LogP contribution in [0, 0.1) is 0 Å². The molecule has 2 aromatic carbocycles. The molecular formula is C34H44Cl4N8O2. The first-order valence-corrected chi connectivity index (χ1v) is 15.8. The molecule has 0 N–H and O–H groups in total. The number of carbonyl (C=O) groups excluding carboxylic acids is 2. The number of halogens is 4. The molecule has 0 spiro atoms. The molecule has 0 bridgehead atoms. The molecule has 10 nitrogen and oxygen atoms in total. The van der Waals surface area contributed by atoms with E-state index in [2.05, 4.69) is 56.0 Å². The van der Waals surface area contributed by atoms with Gasteiger partial charge in [-0.3, -0.25) is 19.4 Å². The number of benzene rings is 2. The van der Waals surface area contributed by atoms with Crippen LogP contribution < -0.4 is 9.80 Å². The number of para-hydroxylation sites is 2. The van der Waals surface area contributed by atoms with Crippen molar-refractivity contribution in [2.24, 2.45) is 0 Å². The average molecular weight is 739 g/mol. The Morgan fingerprint density at radius 2 is 0.812 bits per heavy atom. The molecule has 3 saturated heterocycles. The lowest BCUT2D eigenvalue weighted by molar-refractivity contribution is -0.135. The topological polar surface area (TPSA) is 79.4 Å². The van der Waals surface area contributed by atoms with Crippen LogP contribution in [0.4, 0.5) is 11.6 Å². The van der Waals surface area contributed by atoms with Gasteiger partial charge < -0.3 is 19.6 Å². The maximum absolute atomic E-state index is 13.1. The fourth-order valence-electron chi connectivity index (χ4n) is 6.52. The Morgan fingerprint density at radius 1 is 0.458 bits per heavy atom. The lowest BCUT2D eigenvalue weighted by atomic mass is 10.2. The number of hydrogen-bond acceptors (Lipinski definition) is 8. The molecule has 2 aromatic heterocycles. The number of fused-ring (bicyclic) bond motifs is 2. The third kappa shape index (κ3) is 9.11. The predicted octanol–water partition coefficient (Wildman–Crippen LogP) is 4.09. The fourth-order valence-corrected chi connectivity index (χ4v) is 6.52. The highest BCUT2D eigenvalue weighted by molar-refractivity contribution is 5.86. The highest BCUT2D eigenvalue weighted by atomic mass is 35.5. The van der Waals surface area contributed by atoms with Gasteiger partial charge in [-0.1, -0.05) is 36.4 Å². The second kappa shape index (κ2) is 18.0. The summed E-state index contributed by atoms with van der Waals surface area (Å²) in [5.41, 5.74) is 2.00. The van der Waals surface area contributed by atoms with Crippen molar-refractivity contribution in [3.05, 3.63) is 72.8 Å². The van der Waals surface area contributed by atoms with E-state index in [1.54, 1.807) is 0 Å². The van der Waals surface area contributed by atoms with Crippen LogP contribution in [0.5, 0.6) is 0 Å². The Hall–Kier alpha value is -3.12. The van der Waals surface area contributed by atoms with Gasteiger partial charge in [0.15, 0.2) is 0 Å². The highest BCUT2D eigenvalue weighted by Gasteiger charge is 2.28. The van der Waals surface area contributed by atoms with E-state index >= 15 is 0 Å². The van der Waals surface area contributed by atoms with Crippen molar-refractivity contribution in [3.8, 4) is 0 Å². The van der Waals surface area contributed by atoms with Gasteiger partial charge in [-0.15, -0.1) is 49.6 Å². The number of hydrogen-bond donors (Lipinski definition) is 0. The molecule has 3 aliphatic rings. The summed E-state index contributed by atoms with van der Waals surface area (Å²) < 4.78 is 0. The zero-order valence-corrected chi connectivity index (χ0v) is 30.1. The summed E-state index contributed by atoms with van der Waals surface area (Å²) in [5, 5.41) is 2.28. The molecule has 0 unspecified atom stereocenters. The van der Waals surface area contributed by atoms with E-state index < -0.39 is 0 Å². The molecule has 4 aromatic rings. The molecule has 0 aliphatic carbocycles. The molecule has 3 aliphatic heterocycles. The van der Waals surface area contributed by atoms with Crippen molar-refractivity contribution in [1.29, 1.82) is 0 Å². The summed E-state index contributed by atoms with van der Waals surface area (Å²) in [4.78, 5) is 48.8. The number of rotatable bonds is 6. The van der Waals surface area contributed by atoms with Gasteiger partial charge in [0.1, 0.15) is 11.6 Å². The van der Waals surface area contributed by atoms with Crippen LogP contribution in [-0.4, -0.2) is 133 Å². The summed E-state index contributed by atoms with van der Waals surface area (Å²) in [6, 6.07) is 24.7. The predicted molar refractivity (Wildman–Crippen MR) is 203 cm³/mol. The quantitative estimate of drug-likeness (QED) is 0.293. The number of aromatic nitrogens is 2. The monoisotopic (exact) mass is 736 g/mol. The summed E-state index contributed by atoms with van der Waals surface area (Å²) in [6.45, 7) is 10.1. The van der Waals surface area contributed by atoms with E-state index in [1.807, 2.05) is 46.2 Å². The van der Waals surface area contributed by atoms with Gasteiger partial charge in [-0.25, -0.2) is 9.97 Å². The Bertz CT molecular complexity index is 1520. The van der Waals surface area contributed by atoms with E-state index in [0.29, 0.717) is 39.3 Å². The van der Waals surface area contributed by atoms with Crippen LogP contribution in [0.15, 0.2) is 72.8 Å². The Kier molecular flexibility index (Phi) is 14.8. The first kappa shape index (κ1) is 39.3. The lowest BCUT2D eigenvalue weighted by Crippen LogP contribution is -2.56. The Labute approximate surface area is 307 Å². The van der Waals surface area contributed by atoms with Gasteiger partial charge >= 0.3 is 0 Å². The zero-order valence-electron chi connectivity index (χ0n) is 26.9. The summed E-state index contributed by atoms with van der Waals surface area (Å²) in [5.74, 6) is 2.34. The molecule has 0 atom stereocenters. The van der Waals surface area contributed by atoms with Gasteiger partial charge in [-0.05, 0) is 36.4 Å². The first-order chi connectivity index (χ1) is 21.6. The van der Waals surface area contributed by atoms with Crippen molar-refractivity contribution in [3.63, 3.8) is 0 Å². The molecule has 14 heteroatoms. The van der Waals surface area contributed by atoms with Gasteiger partial charge in [0.05, 0.1) is 24.1 Å². The van der Waals surface area contributed by atoms with E-state index in [1.165, 1.54) is 0 Å². The zero-order chi connectivity index (χ0) is 29.9. The van der Waals surface area contributed by atoms with Crippen LogP contribution in [0.1, 0.15) is 0 Å². The smallest absolute Gasteiger partial charge is 0.236 e. The van der Waals surface area contributed by atoms with Gasteiger partial charge in [0.25, 0.3) is 0 Å². The van der Waals surface area contributed by atoms with E-state index in [9.17, 15) is 9.59 Å². The summed E-state index contributed by atoms with van der Waals surface area (Å²) >= 11 is 0. The van der Waals surface area contributed by atoms with Crippen molar-refractivity contribution in [1.82, 2.24) is 29.6 Å². The number of pyridine rings is 2. The maximum atomic E-state index is 13.1. The summed E-state index contributed by atoms with van der Waals surface area (Å²) in [7, 11) is 0. The summed E-state index contributed by atoms with van der Waals surface area (Å²) in [6.07, 6.45) is 0. The molecule has 3 fully saturated rings. The molecular weight excluding hydrogens is 694 g/mol. The van der Waals surface area contributed by atoms with Crippen molar-refractivity contribution in [2.75, 3.05) is 101 Å². The second-order valence-electron chi connectivity index (χ2n) is 12.0. The Balaban J connectivity index is 0.00000156. The minimum atomic E-state index is 0. The van der Waals surface area contributed by atoms with Crippen molar-refractivity contribution >= 4 is 94.9 Å². The van der Waals surface area contributed by atoms with Crippen LogP contribution in [0.2, 0.25) is 0 Å². The largest absolute Gasteiger partial charge is 0.353 e. The number of anilines is 2. The lowest BCUT2D eigenvalue weighted by Gasteiger charge is -2.39. The molecule has 0 saturated carbocycles. The molecule has 260 valence electrons. The fraction of sp³-hybridized carbons (Fsp3) is 0.412. The maximum Gasteiger partial charge on any atom is 0.236 e. The number of amides is 2.